The van der Waals surface area contributed by atoms with E-state index in [1.54, 1.807) is 32.0 Å². The molecular formula is C17H18FN3O4. The summed E-state index contributed by atoms with van der Waals surface area (Å²) in [6.45, 7) is 3.73. The van der Waals surface area contributed by atoms with Gasteiger partial charge in [0.25, 0.3) is 0 Å². The highest BCUT2D eigenvalue weighted by Gasteiger charge is 2.42. The number of carbonyl (C=O) groups is 2. The first kappa shape index (κ1) is 16.9. The number of aliphatic carboxylic acids is 1. The van der Waals surface area contributed by atoms with Crippen molar-refractivity contribution < 1.29 is 23.6 Å². The van der Waals surface area contributed by atoms with Crippen LogP contribution in [0.5, 0.6) is 0 Å². The summed E-state index contributed by atoms with van der Waals surface area (Å²) in [5.74, 6) is -0.948. The molecule has 2 heterocycles. The van der Waals surface area contributed by atoms with Crippen molar-refractivity contribution in [1.82, 2.24) is 10.1 Å². The number of anilines is 1. The van der Waals surface area contributed by atoms with Crippen LogP contribution in [0.2, 0.25) is 0 Å². The third kappa shape index (κ3) is 3.07. The van der Waals surface area contributed by atoms with Gasteiger partial charge in [-0.05, 0) is 32.4 Å². The van der Waals surface area contributed by atoms with Gasteiger partial charge in [-0.15, -0.1) is 0 Å². The number of amides is 2. The van der Waals surface area contributed by atoms with Gasteiger partial charge in [0.05, 0.1) is 11.0 Å². The number of benzene rings is 1. The van der Waals surface area contributed by atoms with Gasteiger partial charge in [0, 0.05) is 18.7 Å². The first-order chi connectivity index (χ1) is 11.8. The number of rotatable bonds is 3. The molecule has 25 heavy (non-hydrogen) atoms. The zero-order valence-electron chi connectivity index (χ0n) is 13.9. The fourth-order valence-electron chi connectivity index (χ4n) is 2.84. The van der Waals surface area contributed by atoms with E-state index in [0.29, 0.717) is 18.5 Å². The van der Waals surface area contributed by atoms with Crippen LogP contribution < -0.4 is 5.32 Å². The topological polar surface area (TPSA) is 95.7 Å². The van der Waals surface area contributed by atoms with E-state index in [-0.39, 0.29) is 23.7 Å². The molecule has 1 aromatic heterocycles. The first-order valence-corrected chi connectivity index (χ1v) is 7.82. The smallest absolute Gasteiger partial charge is 0.323 e. The molecular weight excluding hydrogens is 329 g/mol. The van der Waals surface area contributed by atoms with Crippen molar-refractivity contribution >= 4 is 17.8 Å². The van der Waals surface area contributed by atoms with Crippen molar-refractivity contribution in [3.05, 3.63) is 35.6 Å². The summed E-state index contributed by atoms with van der Waals surface area (Å²) in [5.41, 5.74) is -0.194. The maximum atomic E-state index is 13.9. The molecule has 0 radical (unpaired) electrons. The number of hydrogen-bond donors (Lipinski definition) is 2. The number of aromatic nitrogens is 1. The van der Waals surface area contributed by atoms with Gasteiger partial charge in [-0.2, -0.15) is 0 Å². The van der Waals surface area contributed by atoms with Gasteiger partial charge in [0.15, 0.2) is 11.6 Å². The number of carboxylic acids is 1. The van der Waals surface area contributed by atoms with Crippen LogP contribution in [0.15, 0.2) is 28.8 Å². The van der Waals surface area contributed by atoms with Crippen LogP contribution >= 0.6 is 0 Å². The van der Waals surface area contributed by atoms with Gasteiger partial charge >= 0.3 is 12.0 Å². The average molecular weight is 347 g/mol. The largest absolute Gasteiger partial charge is 0.481 e. The monoisotopic (exact) mass is 347 g/mol. The van der Waals surface area contributed by atoms with Crippen LogP contribution in [-0.4, -0.2) is 40.3 Å². The summed E-state index contributed by atoms with van der Waals surface area (Å²) in [5, 5.41) is 15.6. The third-order valence-electron chi connectivity index (χ3n) is 4.54. The van der Waals surface area contributed by atoms with Gasteiger partial charge in [-0.1, -0.05) is 17.3 Å². The average Bonchev–Trinajstić information content (AvgIpc) is 3.14. The molecule has 0 spiro atoms. The SMILES string of the molecule is Cc1c(NC(=O)N2CCC(C)(C(=O)O)C2)noc1-c1ccccc1F. The van der Waals surface area contributed by atoms with E-state index in [1.165, 1.54) is 11.0 Å². The van der Waals surface area contributed by atoms with E-state index in [2.05, 4.69) is 10.5 Å². The fourth-order valence-corrected chi connectivity index (χ4v) is 2.84. The Morgan fingerprint density at radius 1 is 1.40 bits per heavy atom. The number of halogens is 1. The second-order valence-electron chi connectivity index (χ2n) is 6.43. The highest BCUT2D eigenvalue weighted by molar-refractivity contribution is 5.91. The van der Waals surface area contributed by atoms with Gasteiger partial charge in [0.1, 0.15) is 5.82 Å². The molecule has 0 bridgehead atoms. The quantitative estimate of drug-likeness (QED) is 0.889. The molecule has 2 N–H and O–H groups in total. The zero-order chi connectivity index (χ0) is 18.2. The summed E-state index contributed by atoms with van der Waals surface area (Å²) in [4.78, 5) is 25.1. The highest BCUT2D eigenvalue weighted by atomic mass is 19.1. The van der Waals surface area contributed by atoms with Crippen LogP contribution in [0.4, 0.5) is 15.0 Å². The molecule has 2 amide bonds. The van der Waals surface area contributed by atoms with Crippen LogP contribution in [0, 0.1) is 18.2 Å². The second-order valence-corrected chi connectivity index (χ2v) is 6.43. The van der Waals surface area contributed by atoms with E-state index < -0.39 is 23.2 Å². The predicted molar refractivity (Wildman–Crippen MR) is 87.6 cm³/mol. The Bertz CT molecular complexity index is 835. The number of carbonyl (C=O) groups excluding carboxylic acids is 1. The van der Waals surface area contributed by atoms with Crippen LogP contribution in [0.3, 0.4) is 0 Å². The Labute approximate surface area is 143 Å². The number of likely N-dealkylation sites (tertiary alicyclic amines) is 1. The zero-order valence-corrected chi connectivity index (χ0v) is 13.9. The third-order valence-corrected chi connectivity index (χ3v) is 4.54. The molecule has 1 saturated heterocycles. The molecule has 1 fully saturated rings. The predicted octanol–water partition coefficient (Wildman–Crippen LogP) is 3.12. The molecule has 3 rings (SSSR count). The van der Waals surface area contributed by atoms with E-state index in [4.69, 9.17) is 4.52 Å². The van der Waals surface area contributed by atoms with Gasteiger partial charge in [0.2, 0.25) is 0 Å². The standard InChI is InChI=1S/C17H18FN3O4/c1-10-13(11-5-3-4-6-12(11)18)25-20-14(10)19-16(24)21-8-7-17(2,9-21)15(22)23/h3-6H,7-9H2,1-2H3,(H,22,23)(H,19,20,24). The Morgan fingerprint density at radius 2 is 2.12 bits per heavy atom. The number of urea groups is 1. The first-order valence-electron chi connectivity index (χ1n) is 7.82. The molecule has 1 aliphatic heterocycles. The van der Waals surface area contributed by atoms with Crippen molar-refractivity contribution in [3.63, 3.8) is 0 Å². The molecule has 132 valence electrons. The van der Waals surface area contributed by atoms with Crippen molar-refractivity contribution in [2.75, 3.05) is 18.4 Å². The maximum Gasteiger partial charge on any atom is 0.323 e. The molecule has 2 aromatic rings. The Hall–Kier alpha value is -2.90. The highest BCUT2D eigenvalue weighted by Crippen LogP contribution is 2.32. The Balaban J connectivity index is 1.76. The Kier molecular flexibility index (Phi) is 4.20. The summed E-state index contributed by atoms with van der Waals surface area (Å²) >= 11 is 0. The van der Waals surface area contributed by atoms with Gasteiger partial charge in [-0.25, -0.2) is 9.18 Å². The molecule has 7 nitrogen and oxygen atoms in total. The minimum absolute atomic E-state index is 0.116. The fraction of sp³-hybridized carbons (Fsp3) is 0.353. The van der Waals surface area contributed by atoms with E-state index >= 15 is 0 Å². The number of hydrogen-bond acceptors (Lipinski definition) is 4. The van der Waals surface area contributed by atoms with Crippen LogP contribution in [0.1, 0.15) is 18.9 Å². The van der Waals surface area contributed by atoms with E-state index in [0.717, 1.165) is 0 Å². The molecule has 0 saturated carbocycles. The minimum atomic E-state index is -0.950. The van der Waals surface area contributed by atoms with Crippen molar-refractivity contribution in [2.45, 2.75) is 20.3 Å². The van der Waals surface area contributed by atoms with E-state index in [9.17, 15) is 19.1 Å². The molecule has 1 unspecified atom stereocenters. The Morgan fingerprint density at radius 3 is 2.76 bits per heavy atom. The normalized spacial score (nSPS) is 19.9. The summed E-state index contributed by atoms with van der Waals surface area (Å²) < 4.78 is 19.1. The summed E-state index contributed by atoms with van der Waals surface area (Å²) in [6, 6.07) is 5.66. The minimum Gasteiger partial charge on any atom is -0.481 e. The molecule has 1 aliphatic rings. The van der Waals surface area contributed by atoms with Crippen LogP contribution in [0.25, 0.3) is 11.3 Å². The number of nitrogens with zero attached hydrogens (tertiary/aromatic N) is 2. The lowest BCUT2D eigenvalue weighted by Gasteiger charge is -2.20. The molecule has 1 atom stereocenters. The van der Waals surface area contributed by atoms with Crippen LogP contribution in [-0.2, 0) is 4.79 Å². The lowest BCUT2D eigenvalue weighted by Crippen LogP contribution is -2.37. The molecule has 1 aromatic carbocycles. The summed E-state index contributed by atoms with van der Waals surface area (Å²) in [6.07, 6.45) is 0.383. The van der Waals surface area contributed by atoms with Gasteiger partial charge in [-0.3, -0.25) is 10.1 Å². The second kappa shape index (κ2) is 6.19. The van der Waals surface area contributed by atoms with Crippen molar-refractivity contribution in [1.29, 1.82) is 0 Å². The van der Waals surface area contributed by atoms with E-state index in [1.807, 2.05) is 0 Å². The maximum absolute atomic E-state index is 13.9. The lowest BCUT2D eigenvalue weighted by atomic mass is 9.90. The van der Waals surface area contributed by atoms with Crippen molar-refractivity contribution in [2.24, 2.45) is 5.41 Å². The summed E-state index contributed by atoms with van der Waals surface area (Å²) in [7, 11) is 0. The number of nitrogens with one attached hydrogen (secondary N) is 1. The molecule has 0 aliphatic carbocycles. The van der Waals surface area contributed by atoms with Crippen molar-refractivity contribution in [3.8, 4) is 11.3 Å². The number of carboxylic acid groups (broad SMARTS) is 1. The lowest BCUT2D eigenvalue weighted by molar-refractivity contribution is -0.146. The molecule has 8 heteroatoms. The van der Waals surface area contributed by atoms with Gasteiger partial charge < -0.3 is 14.5 Å².